The van der Waals surface area contributed by atoms with Crippen LogP contribution in [0.25, 0.3) is 0 Å². The number of piperidine rings is 1. The highest BCUT2D eigenvalue weighted by atomic mass is 35.5. The molecule has 0 saturated carbocycles. The van der Waals surface area contributed by atoms with Crippen LogP contribution in [-0.4, -0.2) is 46.5 Å². The van der Waals surface area contributed by atoms with Crippen molar-refractivity contribution < 1.29 is 9.21 Å². The van der Waals surface area contributed by atoms with Gasteiger partial charge in [-0.25, -0.2) is 9.97 Å². The normalized spacial score (nSPS) is 14.0. The summed E-state index contributed by atoms with van der Waals surface area (Å²) in [6.45, 7) is 6.88. The second-order valence-electron chi connectivity index (χ2n) is 6.18. The van der Waals surface area contributed by atoms with Crippen LogP contribution in [0.3, 0.4) is 0 Å². The Morgan fingerprint density at radius 2 is 2.11 bits per heavy atom. The van der Waals surface area contributed by atoms with Crippen LogP contribution in [0.15, 0.2) is 29.0 Å². The molecule has 9 heteroatoms. The molecule has 1 aliphatic rings. The number of nitrogens with zero attached hydrogens (tertiary/aromatic N) is 3. The molecule has 2 aromatic rings. The Morgan fingerprint density at radius 1 is 1.37 bits per heavy atom. The SMILES string of the molecule is CCN(C(=O)c1cnc(C)nc1NCc1ccco1)C1CCNCC1.Cl.Cl. The Kier molecular flexibility index (Phi) is 9.55. The molecule has 27 heavy (non-hydrogen) atoms. The van der Waals surface area contributed by atoms with Crippen LogP contribution in [0.4, 0.5) is 5.82 Å². The average Bonchev–Trinajstić information content (AvgIpc) is 3.15. The Hall–Kier alpha value is -1.83. The summed E-state index contributed by atoms with van der Waals surface area (Å²) in [4.78, 5) is 23.7. The second-order valence-corrected chi connectivity index (χ2v) is 6.18. The average molecular weight is 416 g/mol. The van der Waals surface area contributed by atoms with Crippen LogP contribution < -0.4 is 10.6 Å². The molecular formula is C18H27Cl2N5O2. The molecule has 1 saturated heterocycles. The summed E-state index contributed by atoms with van der Waals surface area (Å²) < 4.78 is 5.34. The van der Waals surface area contributed by atoms with E-state index in [9.17, 15) is 4.79 Å². The Bertz CT molecular complexity index is 706. The van der Waals surface area contributed by atoms with Crippen LogP contribution in [0.1, 0.15) is 41.7 Å². The van der Waals surface area contributed by atoms with E-state index in [1.54, 1.807) is 12.5 Å². The number of rotatable bonds is 6. The molecule has 3 rings (SSSR count). The third-order valence-corrected chi connectivity index (χ3v) is 4.50. The maximum Gasteiger partial charge on any atom is 0.259 e. The monoisotopic (exact) mass is 415 g/mol. The molecule has 7 nitrogen and oxygen atoms in total. The number of aryl methyl sites for hydroxylation is 1. The first-order valence-electron chi connectivity index (χ1n) is 8.80. The number of carbonyl (C=O) groups excluding carboxylic acids is 1. The first kappa shape index (κ1) is 23.2. The molecule has 150 valence electrons. The third-order valence-electron chi connectivity index (χ3n) is 4.50. The molecule has 1 aliphatic heterocycles. The second kappa shape index (κ2) is 11.1. The van der Waals surface area contributed by atoms with E-state index < -0.39 is 0 Å². The fourth-order valence-corrected chi connectivity index (χ4v) is 3.19. The number of hydrogen-bond donors (Lipinski definition) is 2. The minimum absolute atomic E-state index is 0. The van der Waals surface area contributed by atoms with Crippen molar-refractivity contribution in [2.24, 2.45) is 0 Å². The Balaban J connectivity index is 0.00000182. The minimum atomic E-state index is -0.0173. The van der Waals surface area contributed by atoms with E-state index in [4.69, 9.17) is 4.42 Å². The van der Waals surface area contributed by atoms with Gasteiger partial charge in [-0.2, -0.15) is 0 Å². The van der Waals surface area contributed by atoms with E-state index in [1.165, 1.54) is 0 Å². The van der Waals surface area contributed by atoms with Crippen LogP contribution >= 0.6 is 24.8 Å². The predicted octanol–water partition coefficient (Wildman–Crippen LogP) is 3.05. The molecule has 1 amide bonds. The molecule has 0 aromatic carbocycles. The molecule has 0 atom stereocenters. The molecule has 2 aromatic heterocycles. The largest absolute Gasteiger partial charge is 0.467 e. The number of anilines is 1. The van der Waals surface area contributed by atoms with Crippen molar-refractivity contribution in [2.45, 2.75) is 39.3 Å². The van der Waals surface area contributed by atoms with E-state index in [0.29, 0.717) is 30.3 Å². The molecule has 1 fully saturated rings. The molecule has 2 N–H and O–H groups in total. The summed E-state index contributed by atoms with van der Waals surface area (Å²) >= 11 is 0. The van der Waals surface area contributed by atoms with E-state index in [0.717, 1.165) is 31.7 Å². The van der Waals surface area contributed by atoms with Gasteiger partial charge in [-0.05, 0) is 51.9 Å². The topological polar surface area (TPSA) is 83.3 Å². The lowest BCUT2D eigenvalue weighted by atomic mass is 10.0. The highest BCUT2D eigenvalue weighted by Crippen LogP contribution is 2.20. The van der Waals surface area contributed by atoms with Gasteiger partial charge in [-0.15, -0.1) is 24.8 Å². The number of carbonyl (C=O) groups is 1. The highest BCUT2D eigenvalue weighted by Gasteiger charge is 2.27. The number of halogens is 2. The van der Waals surface area contributed by atoms with Crippen molar-refractivity contribution in [3.8, 4) is 0 Å². The lowest BCUT2D eigenvalue weighted by Gasteiger charge is -2.34. The van der Waals surface area contributed by atoms with Crippen LogP contribution in [0, 0.1) is 6.92 Å². The maximum atomic E-state index is 13.1. The summed E-state index contributed by atoms with van der Waals surface area (Å²) in [6.07, 6.45) is 5.20. The standard InChI is InChI=1S/C18H25N5O2.2ClH/c1-3-23(14-6-8-19-9-7-14)18(24)16-12-20-13(2)22-17(16)21-11-15-5-4-10-25-15;;/h4-5,10,12,14,19H,3,6-9,11H2,1-2H3,(H,20,21,22);2*1H. The molecule has 0 radical (unpaired) electrons. The van der Waals surface area contributed by atoms with Crippen molar-refractivity contribution in [3.05, 3.63) is 41.7 Å². The van der Waals surface area contributed by atoms with Gasteiger partial charge in [-0.1, -0.05) is 0 Å². The molecule has 0 bridgehead atoms. The first-order valence-corrected chi connectivity index (χ1v) is 8.80. The van der Waals surface area contributed by atoms with Gasteiger partial charge in [-0.3, -0.25) is 4.79 Å². The quantitative estimate of drug-likeness (QED) is 0.753. The van der Waals surface area contributed by atoms with Gasteiger partial charge in [0, 0.05) is 18.8 Å². The van der Waals surface area contributed by atoms with Crippen LogP contribution in [0.2, 0.25) is 0 Å². The summed E-state index contributed by atoms with van der Waals surface area (Å²) in [7, 11) is 0. The third kappa shape index (κ3) is 5.82. The first-order chi connectivity index (χ1) is 12.2. The number of hydrogen-bond acceptors (Lipinski definition) is 6. The van der Waals surface area contributed by atoms with Gasteiger partial charge in [0.05, 0.1) is 12.8 Å². The van der Waals surface area contributed by atoms with E-state index in [2.05, 4.69) is 20.6 Å². The molecule has 0 aliphatic carbocycles. The molecule has 3 heterocycles. The van der Waals surface area contributed by atoms with E-state index >= 15 is 0 Å². The fraction of sp³-hybridized carbons (Fsp3) is 0.500. The summed E-state index contributed by atoms with van der Waals surface area (Å²) in [5.41, 5.74) is 0.512. The zero-order valence-electron chi connectivity index (χ0n) is 15.6. The summed E-state index contributed by atoms with van der Waals surface area (Å²) in [6, 6.07) is 3.98. The van der Waals surface area contributed by atoms with Crippen LogP contribution in [0.5, 0.6) is 0 Å². The molecule has 0 unspecified atom stereocenters. The highest BCUT2D eigenvalue weighted by molar-refractivity contribution is 5.98. The van der Waals surface area contributed by atoms with Crippen molar-refractivity contribution in [1.82, 2.24) is 20.2 Å². The number of amides is 1. The Labute approximate surface area is 172 Å². The van der Waals surface area contributed by atoms with Gasteiger partial charge in [0.1, 0.15) is 23.0 Å². The van der Waals surface area contributed by atoms with Crippen molar-refractivity contribution >= 4 is 36.5 Å². The predicted molar refractivity (Wildman–Crippen MR) is 110 cm³/mol. The lowest BCUT2D eigenvalue weighted by Crippen LogP contribution is -2.46. The lowest BCUT2D eigenvalue weighted by molar-refractivity contribution is 0.0656. The van der Waals surface area contributed by atoms with Gasteiger partial charge >= 0.3 is 0 Å². The number of nitrogens with one attached hydrogen (secondary N) is 2. The van der Waals surface area contributed by atoms with Gasteiger partial charge < -0.3 is 20.0 Å². The van der Waals surface area contributed by atoms with Crippen molar-refractivity contribution in [3.63, 3.8) is 0 Å². The number of aromatic nitrogens is 2. The van der Waals surface area contributed by atoms with E-state index in [-0.39, 0.29) is 36.8 Å². The summed E-state index contributed by atoms with van der Waals surface area (Å²) in [5, 5.41) is 6.56. The molecule has 0 spiro atoms. The van der Waals surface area contributed by atoms with Gasteiger partial charge in [0.2, 0.25) is 0 Å². The zero-order valence-corrected chi connectivity index (χ0v) is 17.2. The zero-order chi connectivity index (χ0) is 17.6. The van der Waals surface area contributed by atoms with Gasteiger partial charge in [0.15, 0.2) is 0 Å². The smallest absolute Gasteiger partial charge is 0.259 e. The van der Waals surface area contributed by atoms with Crippen molar-refractivity contribution in [1.29, 1.82) is 0 Å². The van der Waals surface area contributed by atoms with Crippen LogP contribution in [-0.2, 0) is 6.54 Å². The maximum absolute atomic E-state index is 13.1. The van der Waals surface area contributed by atoms with Crippen molar-refractivity contribution in [2.75, 3.05) is 25.0 Å². The fourth-order valence-electron chi connectivity index (χ4n) is 3.19. The Morgan fingerprint density at radius 3 is 2.74 bits per heavy atom. The van der Waals surface area contributed by atoms with E-state index in [1.807, 2.05) is 30.9 Å². The number of furan rings is 1. The van der Waals surface area contributed by atoms with Gasteiger partial charge in [0.25, 0.3) is 5.91 Å². The summed E-state index contributed by atoms with van der Waals surface area (Å²) in [5.74, 6) is 1.96. The molecular weight excluding hydrogens is 389 g/mol. The minimum Gasteiger partial charge on any atom is -0.467 e.